The fourth-order valence-corrected chi connectivity index (χ4v) is 3.50. The van der Waals surface area contributed by atoms with Crippen molar-refractivity contribution in [3.8, 4) is 10.6 Å². The maximum absolute atomic E-state index is 12.4. The molecule has 0 saturated heterocycles. The number of rotatable bonds is 6. The fraction of sp³-hybridized carbons (Fsp3) is 0.105. The molecule has 3 aromatic rings. The molecule has 3 rings (SSSR count). The molecule has 0 fully saturated rings. The minimum atomic E-state index is -0.949. The van der Waals surface area contributed by atoms with Crippen LogP contribution in [0, 0.1) is 0 Å². The number of halogens is 1. The minimum Gasteiger partial charge on any atom is -0.481 e. The molecule has 2 heterocycles. The first kappa shape index (κ1) is 19.7. The summed E-state index contributed by atoms with van der Waals surface area (Å²) in [4.78, 5) is 36.5. The average Bonchev–Trinajstić information content (AvgIpc) is 3.29. The summed E-state index contributed by atoms with van der Waals surface area (Å²) in [5, 5.41) is 13.7. The van der Waals surface area contributed by atoms with Crippen LogP contribution in [0.2, 0.25) is 5.02 Å². The summed E-state index contributed by atoms with van der Waals surface area (Å²) >= 11 is 7.34. The predicted molar refractivity (Wildman–Crippen MR) is 108 cm³/mol. The van der Waals surface area contributed by atoms with Crippen molar-refractivity contribution in [3.63, 3.8) is 0 Å². The number of aliphatic carboxylic acids is 1. The third kappa shape index (κ3) is 4.79. The summed E-state index contributed by atoms with van der Waals surface area (Å²) in [6.07, 6.45) is 0.107. The molecule has 0 radical (unpaired) electrons. The Balaban J connectivity index is 1.80. The zero-order valence-electron chi connectivity index (χ0n) is 14.5. The van der Waals surface area contributed by atoms with Crippen LogP contribution in [0.15, 0.2) is 53.9 Å². The van der Waals surface area contributed by atoms with Crippen LogP contribution in [0.1, 0.15) is 12.1 Å². The Kier molecular flexibility index (Phi) is 6.13. The normalized spacial score (nSPS) is 10.5. The van der Waals surface area contributed by atoms with E-state index in [1.165, 1.54) is 22.1 Å². The van der Waals surface area contributed by atoms with Crippen molar-refractivity contribution in [3.05, 3.63) is 64.6 Å². The molecule has 0 atom stereocenters. The van der Waals surface area contributed by atoms with Crippen LogP contribution in [0.5, 0.6) is 0 Å². The number of aromatic nitrogens is 1. The van der Waals surface area contributed by atoms with Crippen LogP contribution < -0.4 is 10.7 Å². The van der Waals surface area contributed by atoms with Gasteiger partial charge in [0.25, 0.3) is 0 Å². The first-order valence-electron chi connectivity index (χ1n) is 8.28. The Morgan fingerprint density at radius 1 is 1.07 bits per heavy atom. The summed E-state index contributed by atoms with van der Waals surface area (Å²) in [5.74, 6) is -2.70. The van der Waals surface area contributed by atoms with Gasteiger partial charge in [0.2, 0.25) is 0 Å². The highest BCUT2D eigenvalue weighted by Crippen LogP contribution is 2.26. The van der Waals surface area contributed by atoms with Gasteiger partial charge < -0.3 is 10.4 Å². The molecule has 0 unspecified atom stereocenters. The maximum atomic E-state index is 12.4. The number of anilines is 1. The van der Waals surface area contributed by atoms with Crippen LogP contribution in [0.3, 0.4) is 0 Å². The molecule has 0 aliphatic heterocycles. The van der Waals surface area contributed by atoms with E-state index in [1.807, 2.05) is 17.5 Å². The number of carbonyl (C=O) groups is 3. The van der Waals surface area contributed by atoms with Gasteiger partial charge >= 0.3 is 17.8 Å². The Bertz CT molecular complexity index is 1010. The summed E-state index contributed by atoms with van der Waals surface area (Å²) in [6.45, 7) is 0. The van der Waals surface area contributed by atoms with Crippen molar-refractivity contribution in [1.29, 1.82) is 0 Å². The van der Waals surface area contributed by atoms with E-state index in [4.69, 9.17) is 16.7 Å². The van der Waals surface area contributed by atoms with E-state index < -0.39 is 17.8 Å². The first-order chi connectivity index (χ1) is 13.4. The smallest absolute Gasteiger partial charge is 0.328 e. The molecule has 28 heavy (non-hydrogen) atoms. The number of amides is 2. The molecule has 0 spiro atoms. The molecule has 0 aliphatic carbocycles. The van der Waals surface area contributed by atoms with E-state index in [-0.39, 0.29) is 12.8 Å². The lowest BCUT2D eigenvalue weighted by Crippen LogP contribution is -2.35. The highest BCUT2D eigenvalue weighted by molar-refractivity contribution is 7.13. The van der Waals surface area contributed by atoms with Gasteiger partial charge in [0.15, 0.2) is 0 Å². The van der Waals surface area contributed by atoms with Gasteiger partial charge in [-0.1, -0.05) is 23.7 Å². The van der Waals surface area contributed by atoms with Gasteiger partial charge in [-0.25, -0.2) is 0 Å². The third-order valence-electron chi connectivity index (χ3n) is 3.83. The standard InChI is InChI=1S/C19H16ClN3O4S/c20-12-3-1-4-13(11-12)21-18(26)19(27)22-23-14(7-9-17(24)25)6-8-15(23)16-5-2-10-28-16/h1-6,8,10-11H,7,9H2,(H,21,26)(H,22,27)(H,24,25). The van der Waals surface area contributed by atoms with Gasteiger partial charge in [-0.3, -0.25) is 24.5 Å². The number of nitrogens with zero attached hydrogens (tertiary/aromatic N) is 1. The van der Waals surface area contributed by atoms with Crippen molar-refractivity contribution in [2.45, 2.75) is 12.8 Å². The SMILES string of the molecule is O=C(O)CCc1ccc(-c2cccs2)n1NC(=O)C(=O)Nc1cccc(Cl)c1. The van der Waals surface area contributed by atoms with Gasteiger partial charge in [0.05, 0.1) is 17.0 Å². The Labute approximate surface area is 169 Å². The van der Waals surface area contributed by atoms with E-state index >= 15 is 0 Å². The van der Waals surface area contributed by atoms with Crippen molar-refractivity contribution in [2.24, 2.45) is 0 Å². The second kappa shape index (κ2) is 8.73. The zero-order valence-corrected chi connectivity index (χ0v) is 16.1. The molecule has 0 saturated carbocycles. The average molecular weight is 418 g/mol. The Morgan fingerprint density at radius 3 is 2.57 bits per heavy atom. The van der Waals surface area contributed by atoms with Crippen molar-refractivity contribution in [1.82, 2.24) is 4.68 Å². The van der Waals surface area contributed by atoms with Gasteiger partial charge in [0, 0.05) is 22.8 Å². The number of carbonyl (C=O) groups excluding carboxylic acids is 2. The molecule has 144 valence electrons. The molecule has 1 aromatic carbocycles. The number of hydrogen-bond acceptors (Lipinski definition) is 4. The summed E-state index contributed by atoms with van der Waals surface area (Å²) in [7, 11) is 0. The number of hydrogen-bond donors (Lipinski definition) is 3. The quantitative estimate of drug-likeness (QED) is 0.533. The number of nitrogens with one attached hydrogen (secondary N) is 2. The largest absolute Gasteiger partial charge is 0.481 e. The molecule has 0 aliphatic rings. The highest BCUT2D eigenvalue weighted by Gasteiger charge is 2.19. The molecular weight excluding hydrogens is 402 g/mol. The molecule has 3 N–H and O–H groups in total. The number of carboxylic acids is 1. The van der Waals surface area contributed by atoms with Gasteiger partial charge in [0.1, 0.15) is 0 Å². The topological polar surface area (TPSA) is 100 Å². The second-order valence-electron chi connectivity index (χ2n) is 5.82. The highest BCUT2D eigenvalue weighted by atomic mass is 35.5. The second-order valence-corrected chi connectivity index (χ2v) is 7.21. The summed E-state index contributed by atoms with van der Waals surface area (Å²) in [6, 6.07) is 13.7. The molecule has 2 aromatic heterocycles. The molecular formula is C19H16ClN3O4S. The third-order valence-corrected chi connectivity index (χ3v) is 4.96. The lowest BCUT2D eigenvalue weighted by atomic mass is 10.2. The number of carboxylic acid groups (broad SMARTS) is 1. The first-order valence-corrected chi connectivity index (χ1v) is 9.54. The number of aryl methyl sites for hydroxylation is 1. The number of benzene rings is 1. The van der Waals surface area contributed by atoms with Crippen molar-refractivity contribution >= 4 is 46.4 Å². The Morgan fingerprint density at radius 2 is 1.89 bits per heavy atom. The van der Waals surface area contributed by atoms with Crippen molar-refractivity contribution < 1.29 is 19.5 Å². The monoisotopic (exact) mass is 417 g/mol. The summed E-state index contributed by atoms with van der Waals surface area (Å²) in [5.41, 5.74) is 4.19. The van der Waals surface area contributed by atoms with Crippen molar-refractivity contribution in [2.75, 3.05) is 10.7 Å². The number of thiophene rings is 1. The molecule has 0 bridgehead atoms. The van der Waals surface area contributed by atoms with Crippen LogP contribution in [0.25, 0.3) is 10.6 Å². The van der Waals surface area contributed by atoms with Crippen LogP contribution >= 0.6 is 22.9 Å². The fourth-order valence-electron chi connectivity index (χ4n) is 2.56. The van der Waals surface area contributed by atoms with Crippen LogP contribution in [-0.2, 0) is 20.8 Å². The molecule has 7 nitrogen and oxygen atoms in total. The lowest BCUT2D eigenvalue weighted by Gasteiger charge is -2.14. The van der Waals surface area contributed by atoms with Crippen LogP contribution in [-0.4, -0.2) is 27.6 Å². The van der Waals surface area contributed by atoms with E-state index in [0.29, 0.717) is 22.1 Å². The van der Waals surface area contributed by atoms with E-state index in [2.05, 4.69) is 10.7 Å². The molecule has 9 heteroatoms. The van der Waals surface area contributed by atoms with Crippen LogP contribution in [0.4, 0.5) is 5.69 Å². The predicted octanol–water partition coefficient (Wildman–Crippen LogP) is 3.60. The van der Waals surface area contributed by atoms with Gasteiger partial charge in [-0.2, -0.15) is 0 Å². The summed E-state index contributed by atoms with van der Waals surface area (Å²) < 4.78 is 1.45. The van der Waals surface area contributed by atoms with E-state index in [1.54, 1.807) is 30.3 Å². The van der Waals surface area contributed by atoms with E-state index in [9.17, 15) is 14.4 Å². The van der Waals surface area contributed by atoms with Gasteiger partial charge in [-0.15, -0.1) is 11.3 Å². The maximum Gasteiger partial charge on any atom is 0.328 e. The lowest BCUT2D eigenvalue weighted by molar-refractivity contribution is -0.137. The zero-order chi connectivity index (χ0) is 20.1. The molecule has 2 amide bonds. The Hall–Kier alpha value is -3.10. The van der Waals surface area contributed by atoms with E-state index in [0.717, 1.165) is 4.88 Å². The minimum absolute atomic E-state index is 0.0987. The van der Waals surface area contributed by atoms with Gasteiger partial charge in [-0.05, 0) is 41.8 Å².